The lowest BCUT2D eigenvalue weighted by molar-refractivity contribution is -0.150. The molecule has 0 bridgehead atoms. The van der Waals surface area contributed by atoms with Crippen molar-refractivity contribution in [1.29, 1.82) is 0 Å². The molecule has 9 heteroatoms. The fourth-order valence-corrected chi connectivity index (χ4v) is 5.85. The van der Waals surface area contributed by atoms with Gasteiger partial charge in [-0.05, 0) is 30.7 Å². The Balaban J connectivity index is 1.75. The quantitative estimate of drug-likeness (QED) is 0.378. The molecule has 0 spiro atoms. The first-order chi connectivity index (χ1) is 16.9. The first-order valence-electron chi connectivity index (χ1n) is 10.8. The molecule has 2 aromatic carbocycles. The lowest BCUT2D eigenvalue weighted by atomic mass is 10.0. The van der Waals surface area contributed by atoms with Crippen LogP contribution in [0.2, 0.25) is 0 Å². The molecule has 1 N–H and O–H groups in total. The average molecular weight is 493 g/mol. The van der Waals surface area contributed by atoms with Crippen LogP contribution in [0, 0.1) is 0 Å². The van der Waals surface area contributed by atoms with E-state index in [9.17, 15) is 18.6 Å². The Labute approximate surface area is 205 Å². The minimum Gasteiger partial charge on any atom is -0.495 e. The molecule has 3 atom stereocenters. The van der Waals surface area contributed by atoms with E-state index >= 15 is 0 Å². The van der Waals surface area contributed by atoms with Gasteiger partial charge >= 0.3 is 5.97 Å². The largest absolute Gasteiger partial charge is 0.495 e. The predicted molar refractivity (Wildman–Crippen MR) is 131 cm³/mol. The summed E-state index contributed by atoms with van der Waals surface area (Å²) in [7, 11) is 0.825. The van der Waals surface area contributed by atoms with E-state index in [1.165, 1.54) is 14.2 Å². The molecule has 1 saturated heterocycles. The van der Waals surface area contributed by atoms with Crippen LogP contribution in [0.15, 0.2) is 88.7 Å². The van der Waals surface area contributed by atoms with Gasteiger partial charge < -0.3 is 14.8 Å². The second-order valence-electron chi connectivity index (χ2n) is 7.82. The van der Waals surface area contributed by atoms with Crippen molar-refractivity contribution in [1.82, 2.24) is 10.2 Å². The van der Waals surface area contributed by atoms with Crippen LogP contribution >= 0.6 is 0 Å². The molecule has 2 aliphatic heterocycles. The summed E-state index contributed by atoms with van der Waals surface area (Å²) >= 11 is 0. The maximum Gasteiger partial charge on any atom is 0.355 e. The van der Waals surface area contributed by atoms with Crippen LogP contribution in [0.4, 0.5) is 0 Å². The Morgan fingerprint density at radius 1 is 1.00 bits per heavy atom. The second-order valence-corrected chi connectivity index (χ2v) is 9.31. The van der Waals surface area contributed by atoms with E-state index in [-0.39, 0.29) is 16.4 Å². The third-order valence-electron chi connectivity index (χ3n) is 5.77. The Hall–Kier alpha value is -3.98. The third-order valence-corrected chi connectivity index (χ3v) is 7.60. The molecule has 35 heavy (non-hydrogen) atoms. The number of hydrogen-bond acceptors (Lipinski definition) is 6. The molecule has 4 rings (SSSR count). The highest BCUT2D eigenvalue weighted by Gasteiger charge is 2.58. The van der Waals surface area contributed by atoms with Gasteiger partial charge in [-0.15, -0.1) is 0 Å². The zero-order valence-electron chi connectivity index (χ0n) is 19.4. The van der Waals surface area contributed by atoms with Crippen LogP contribution < -0.4 is 5.32 Å². The number of esters is 1. The summed E-state index contributed by atoms with van der Waals surface area (Å²) in [6, 6.07) is 16.8. The number of nitrogens with one attached hydrogen (secondary N) is 1. The van der Waals surface area contributed by atoms with Crippen molar-refractivity contribution in [2.45, 2.75) is 18.3 Å². The number of carbonyl (C=O) groups excluding carboxylic acids is 3. The van der Waals surface area contributed by atoms with Crippen LogP contribution in [0.25, 0.3) is 6.08 Å². The zero-order valence-corrected chi connectivity index (χ0v) is 20.2. The number of fused-ring (bicyclic) bond motifs is 1. The number of amides is 2. The van der Waals surface area contributed by atoms with E-state index in [4.69, 9.17) is 9.47 Å². The summed E-state index contributed by atoms with van der Waals surface area (Å²) in [4.78, 5) is 39.8. The summed E-state index contributed by atoms with van der Waals surface area (Å²) < 4.78 is 24.2. The first-order valence-corrected chi connectivity index (χ1v) is 12.0. The van der Waals surface area contributed by atoms with Gasteiger partial charge in [0.15, 0.2) is 0 Å². The average Bonchev–Trinajstić information content (AvgIpc) is 2.89. The molecule has 8 nitrogen and oxygen atoms in total. The molecule has 2 amide bonds. The normalized spacial score (nSPS) is 22.9. The van der Waals surface area contributed by atoms with Crippen LogP contribution in [0.3, 0.4) is 0 Å². The van der Waals surface area contributed by atoms with Crippen molar-refractivity contribution in [3.05, 3.63) is 99.8 Å². The lowest BCUT2D eigenvalue weighted by Crippen LogP contribution is -2.73. The van der Waals surface area contributed by atoms with Crippen LogP contribution in [0.5, 0.6) is 0 Å². The molecule has 0 saturated carbocycles. The molecular formula is C26H24N2O6S. The van der Waals surface area contributed by atoms with Crippen LogP contribution in [-0.2, 0) is 29.9 Å². The molecule has 0 aliphatic carbocycles. The molecular weight excluding hydrogens is 468 g/mol. The summed E-state index contributed by atoms with van der Waals surface area (Å²) in [5, 5.41) is 1.67. The van der Waals surface area contributed by atoms with Crippen molar-refractivity contribution < 1.29 is 28.1 Å². The molecule has 180 valence electrons. The van der Waals surface area contributed by atoms with Gasteiger partial charge in [0, 0.05) is 11.1 Å². The molecule has 2 aromatic rings. The summed E-state index contributed by atoms with van der Waals surface area (Å²) in [5.41, 5.74) is 1.54. The number of nitrogens with zero attached hydrogens (tertiary/aromatic N) is 1. The van der Waals surface area contributed by atoms with Gasteiger partial charge in [0.2, 0.25) is 0 Å². The summed E-state index contributed by atoms with van der Waals surface area (Å²) in [6.07, 6.45) is 3.45. The van der Waals surface area contributed by atoms with Gasteiger partial charge in [-0.3, -0.25) is 18.7 Å². The minimum absolute atomic E-state index is 0.0232. The Morgan fingerprint density at radius 2 is 1.63 bits per heavy atom. The number of ether oxygens (including phenoxy) is 2. The van der Waals surface area contributed by atoms with E-state index in [2.05, 4.69) is 5.32 Å². The first kappa shape index (κ1) is 24.2. The van der Waals surface area contributed by atoms with Crippen molar-refractivity contribution >= 4 is 34.7 Å². The number of hydrogen-bond donors (Lipinski definition) is 1. The Bertz CT molecular complexity index is 1280. The summed E-state index contributed by atoms with van der Waals surface area (Å²) in [5.74, 6) is -1.48. The second kappa shape index (κ2) is 10.1. The molecule has 1 unspecified atom stereocenters. The van der Waals surface area contributed by atoms with E-state index in [0.29, 0.717) is 11.1 Å². The highest BCUT2D eigenvalue weighted by atomic mass is 32.2. The van der Waals surface area contributed by atoms with Crippen molar-refractivity contribution in [2.75, 3.05) is 14.2 Å². The number of β-lactam (4-membered cyclic amide) rings is 1. The Kier molecular flexibility index (Phi) is 6.97. The molecule has 1 fully saturated rings. The predicted octanol–water partition coefficient (Wildman–Crippen LogP) is 2.73. The van der Waals surface area contributed by atoms with E-state index in [1.807, 2.05) is 30.3 Å². The van der Waals surface area contributed by atoms with Gasteiger partial charge in [0.05, 0.1) is 29.9 Å². The van der Waals surface area contributed by atoms with Gasteiger partial charge in [-0.25, -0.2) is 4.79 Å². The number of benzene rings is 2. The van der Waals surface area contributed by atoms with Gasteiger partial charge in [0.1, 0.15) is 22.9 Å². The van der Waals surface area contributed by atoms with Gasteiger partial charge in [0.25, 0.3) is 11.8 Å². The highest BCUT2D eigenvalue weighted by Crippen LogP contribution is 2.41. The highest BCUT2D eigenvalue weighted by molar-refractivity contribution is 7.90. The van der Waals surface area contributed by atoms with Gasteiger partial charge in [-0.1, -0.05) is 54.6 Å². The zero-order chi connectivity index (χ0) is 25.1. The number of methoxy groups -OCH3 is 2. The number of allylic oxidation sites excluding steroid dienone is 2. The van der Waals surface area contributed by atoms with E-state index in [1.54, 1.807) is 49.4 Å². The van der Waals surface area contributed by atoms with Crippen molar-refractivity contribution in [3.63, 3.8) is 0 Å². The summed E-state index contributed by atoms with van der Waals surface area (Å²) in [6.45, 7) is 1.59. The Morgan fingerprint density at radius 3 is 2.23 bits per heavy atom. The monoisotopic (exact) mass is 492 g/mol. The lowest BCUT2D eigenvalue weighted by Gasteiger charge is -2.49. The maximum absolute atomic E-state index is 13.7. The minimum atomic E-state index is -1.82. The van der Waals surface area contributed by atoms with E-state index < -0.39 is 40.0 Å². The standard InChI is InChI=1S/C26H24N2O6S/c1-16-21(26(31)34-3)28-24(30)20(27-23(29)18-12-8-5-9-13-18)25(28)35(32)22(16)19(33-2)15-14-17-10-6-4-7-11-17/h4-15,20,25H,1-3H3,(H,27,29)/b15-14+,22-19-/t20-,25-,35?/m1/s1. The molecule has 2 aliphatic rings. The SMILES string of the molecule is COC(=O)C1=C(C)/C(=C(\C=C\c2ccccc2)OC)S(=O)[C@@H]2[C@H](NC(=O)c3ccccc3)C(=O)N12. The molecule has 2 heterocycles. The number of carbonyl (C=O) groups is 3. The topological polar surface area (TPSA) is 102 Å². The fourth-order valence-electron chi connectivity index (χ4n) is 4.03. The van der Waals surface area contributed by atoms with Gasteiger partial charge in [-0.2, -0.15) is 0 Å². The van der Waals surface area contributed by atoms with Crippen molar-refractivity contribution in [2.24, 2.45) is 0 Å². The fraction of sp³-hybridized carbons (Fsp3) is 0.192. The maximum atomic E-state index is 13.7. The van der Waals surface area contributed by atoms with Crippen molar-refractivity contribution in [3.8, 4) is 0 Å². The number of rotatable bonds is 6. The van der Waals surface area contributed by atoms with E-state index in [0.717, 1.165) is 10.5 Å². The van der Waals surface area contributed by atoms with Crippen LogP contribution in [0.1, 0.15) is 22.8 Å². The van der Waals surface area contributed by atoms with Crippen LogP contribution in [-0.4, -0.2) is 52.5 Å². The smallest absolute Gasteiger partial charge is 0.355 e. The third kappa shape index (κ3) is 4.42. The molecule has 0 radical (unpaired) electrons. The molecule has 0 aromatic heterocycles.